The number of hydrogen-bond donors (Lipinski definition) is 1. The third kappa shape index (κ3) is 4.89. The molecular formula is C18H19N3O5S. The Morgan fingerprint density at radius 3 is 2.41 bits per heavy atom. The molecule has 0 spiro atoms. The second kappa shape index (κ2) is 8.42. The van der Waals surface area contributed by atoms with Crippen LogP contribution in [-0.4, -0.2) is 41.3 Å². The van der Waals surface area contributed by atoms with E-state index in [0.717, 1.165) is 10.6 Å². The van der Waals surface area contributed by atoms with Gasteiger partial charge in [-0.25, -0.2) is 8.42 Å². The summed E-state index contributed by atoms with van der Waals surface area (Å²) in [6.07, 6.45) is 1.00. The number of benzene rings is 2. The Morgan fingerprint density at radius 1 is 1.15 bits per heavy atom. The third-order valence-corrected chi connectivity index (χ3v) is 4.80. The molecular weight excluding hydrogens is 370 g/mol. The van der Waals surface area contributed by atoms with E-state index >= 15 is 0 Å². The van der Waals surface area contributed by atoms with E-state index in [1.54, 1.807) is 30.3 Å². The molecule has 0 bridgehead atoms. The number of methoxy groups -OCH3 is 2. The lowest BCUT2D eigenvalue weighted by Crippen LogP contribution is -2.37. The van der Waals surface area contributed by atoms with Crippen LogP contribution >= 0.6 is 0 Å². The van der Waals surface area contributed by atoms with E-state index in [9.17, 15) is 13.2 Å². The number of ether oxygens (including phenoxy) is 2. The predicted molar refractivity (Wildman–Crippen MR) is 102 cm³/mol. The molecule has 1 amide bonds. The Hall–Kier alpha value is -3.25. The number of carbonyl (C=O) groups excluding carboxylic acids is 1. The van der Waals surface area contributed by atoms with E-state index in [1.807, 2.05) is 6.07 Å². The van der Waals surface area contributed by atoms with Crippen molar-refractivity contribution in [1.29, 1.82) is 5.26 Å². The van der Waals surface area contributed by atoms with E-state index in [-0.39, 0.29) is 11.3 Å². The summed E-state index contributed by atoms with van der Waals surface area (Å²) >= 11 is 0. The number of rotatable bonds is 7. The van der Waals surface area contributed by atoms with Crippen LogP contribution in [0.15, 0.2) is 42.5 Å². The lowest BCUT2D eigenvalue weighted by Gasteiger charge is -2.23. The number of nitrogens with zero attached hydrogens (tertiary/aromatic N) is 2. The van der Waals surface area contributed by atoms with Crippen molar-refractivity contribution in [2.24, 2.45) is 0 Å². The number of nitrogens with one attached hydrogen (secondary N) is 1. The highest BCUT2D eigenvalue weighted by Crippen LogP contribution is 2.32. The van der Waals surface area contributed by atoms with E-state index in [4.69, 9.17) is 14.7 Å². The van der Waals surface area contributed by atoms with Crippen LogP contribution in [0, 0.1) is 11.3 Å². The second-order valence-corrected chi connectivity index (χ2v) is 7.42. The molecule has 0 radical (unpaired) electrons. The van der Waals surface area contributed by atoms with Crippen molar-refractivity contribution in [3.05, 3.63) is 48.0 Å². The van der Waals surface area contributed by atoms with E-state index in [2.05, 4.69) is 5.32 Å². The number of amides is 1. The summed E-state index contributed by atoms with van der Waals surface area (Å²) in [4.78, 5) is 12.4. The number of carbonyl (C=O) groups is 1. The smallest absolute Gasteiger partial charge is 0.245 e. The molecule has 0 unspecified atom stereocenters. The second-order valence-electron chi connectivity index (χ2n) is 5.51. The molecule has 2 aromatic rings. The fourth-order valence-corrected chi connectivity index (χ4v) is 3.24. The zero-order valence-electron chi connectivity index (χ0n) is 15.1. The summed E-state index contributed by atoms with van der Waals surface area (Å²) in [5.41, 5.74) is 0.840. The summed E-state index contributed by atoms with van der Waals surface area (Å²) < 4.78 is 35.7. The van der Waals surface area contributed by atoms with Gasteiger partial charge in [0.2, 0.25) is 15.9 Å². The lowest BCUT2D eigenvalue weighted by molar-refractivity contribution is -0.114. The number of anilines is 2. The minimum absolute atomic E-state index is 0.249. The normalized spacial score (nSPS) is 10.6. The van der Waals surface area contributed by atoms with Crippen LogP contribution in [0.1, 0.15) is 5.56 Å². The average Bonchev–Trinajstić information content (AvgIpc) is 2.65. The van der Waals surface area contributed by atoms with Gasteiger partial charge >= 0.3 is 0 Å². The van der Waals surface area contributed by atoms with Gasteiger partial charge in [-0.2, -0.15) is 5.26 Å². The van der Waals surface area contributed by atoms with E-state index < -0.39 is 22.5 Å². The van der Waals surface area contributed by atoms with Crippen molar-refractivity contribution >= 4 is 27.3 Å². The molecule has 27 heavy (non-hydrogen) atoms. The van der Waals surface area contributed by atoms with Gasteiger partial charge in [-0.1, -0.05) is 12.1 Å². The third-order valence-electron chi connectivity index (χ3n) is 3.66. The molecule has 142 valence electrons. The largest absolute Gasteiger partial charge is 0.493 e. The monoisotopic (exact) mass is 389 g/mol. The Morgan fingerprint density at radius 2 is 1.81 bits per heavy atom. The summed E-state index contributed by atoms with van der Waals surface area (Å²) in [5, 5.41) is 11.7. The maximum Gasteiger partial charge on any atom is 0.245 e. The molecule has 8 nitrogen and oxygen atoms in total. The van der Waals surface area contributed by atoms with Crippen LogP contribution in [-0.2, 0) is 14.8 Å². The first-order chi connectivity index (χ1) is 12.8. The fourth-order valence-electron chi connectivity index (χ4n) is 2.39. The van der Waals surface area contributed by atoms with Gasteiger partial charge in [-0.3, -0.25) is 9.10 Å². The van der Waals surface area contributed by atoms with Gasteiger partial charge in [-0.15, -0.1) is 0 Å². The molecule has 0 aliphatic heterocycles. The van der Waals surface area contributed by atoms with Crippen molar-refractivity contribution < 1.29 is 22.7 Å². The molecule has 2 rings (SSSR count). The van der Waals surface area contributed by atoms with Gasteiger partial charge in [0.1, 0.15) is 12.6 Å². The number of para-hydroxylation sites is 1. The van der Waals surface area contributed by atoms with Gasteiger partial charge in [-0.05, 0) is 24.3 Å². The zero-order valence-corrected chi connectivity index (χ0v) is 15.9. The van der Waals surface area contributed by atoms with Crippen molar-refractivity contribution in [3.63, 3.8) is 0 Å². The highest BCUT2D eigenvalue weighted by atomic mass is 32.2. The highest BCUT2D eigenvalue weighted by molar-refractivity contribution is 7.92. The molecule has 0 atom stereocenters. The van der Waals surface area contributed by atoms with Crippen molar-refractivity contribution in [2.75, 3.05) is 36.6 Å². The van der Waals surface area contributed by atoms with Crippen molar-refractivity contribution in [1.82, 2.24) is 0 Å². The molecule has 0 saturated carbocycles. The lowest BCUT2D eigenvalue weighted by atomic mass is 10.2. The Labute approximate surface area is 158 Å². The minimum atomic E-state index is -3.75. The first-order valence-corrected chi connectivity index (χ1v) is 9.63. The number of nitriles is 1. The molecule has 1 N–H and O–H groups in total. The SMILES string of the molecule is COc1ccc(N(CC(=O)Nc2ccccc2C#N)S(C)(=O)=O)cc1OC. The predicted octanol–water partition coefficient (Wildman–Crippen LogP) is 1.98. The maximum absolute atomic E-state index is 12.4. The fraction of sp³-hybridized carbons (Fsp3) is 0.222. The Bertz CT molecular complexity index is 983. The van der Waals surface area contributed by atoms with E-state index in [1.165, 1.54) is 26.4 Å². The van der Waals surface area contributed by atoms with E-state index in [0.29, 0.717) is 17.2 Å². The van der Waals surface area contributed by atoms with Crippen LogP contribution in [0.5, 0.6) is 11.5 Å². The first kappa shape index (κ1) is 20.1. The van der Waals surface area contributed by atoms with Crippen LogP contribution in [0.4, 0.5) is 11.4 Å². The molecule has 0 saturated heterocycles. The van der Waals surface area contributed by atoms with Crippen molar-refractivity contribution in [2.45, 2.75) is 0 Å². The standard InChI is InChI=1S/C18H19N3O5S/c1-25-16-9-8-14(10-17(16)26-2)21(27(3,23)24)12-18(22)20-15-7-5-4-6-13(15)11-19/h4-10H,12H2,1-3H3,(H,20,22). The quantitative estimate of drug-likeness (QED) is 0.776. The summed E-state index contributed by atoms with van der Waals surface area (Å²) in [6.45, 7) is -0.464. The average molecular weight is 389 g/mol. The molecule has 0 heterocycles. The number of sulfonamides is 1. The van der Waals surface area contributed by atoms with Gasteiger partial charge < -0.3 is 14.8 Å². The zero-order chi connectivity index (χ0) is 20.0. The maximum atomic E-state index is 12.4. The first-order valence-electron chi connectivity index (χ1n) is 7.79. The topological polar surface area (TPSA) is 109 Å². The summed E-state index contributed by atoms with van der Waals surface area (Å²) in [7, 11) is -0.862. The van der Waals surface area contributed by atoms with Gasteiger partial charge in [0.05, 0.1) is 37.4 Å². The molecule has 9 heteroatoms. The highest BCUT2D eigenvalue weighted by Gasteiger charge is 2.22. The van der Waals surface area contributed by atoms with Crippen LogP contribution in [0.25, 0.3) is 0 Å². The van der Waals surface area contributed by atoms with Crippen LogP contribution < -0.4 is 19.1 Å². The summed E-state index contributed by atoms with van der Waals surface area (Å²) in [6, 6.07) is 13.0. The Kier molecular flexibility index (Phi) is 6.26. The van der Waals surface area contributed by atoms with Gasteiger partial charge in [0.25, 0.3) is 0 Å². The molecule has 0 fully saturated rings. The van der Waals surface area contributed by atoms with Gasteiger partial charge in [0, 0.05) is 6.07 Å². The Balaban J connectivity index is 2.31. The molecule has 2 aromatic carbocycles. The summed E-state index contributed by atoms with van der Waals surface area (Å²) in [5.74, 6) is 0.180. The molecule has 0 aliphatic rings. The minimum Gasteiger partial charge on any atom is -0.493 e. The molecule has 0 aromatic heterocycles. The van der Waals surface area contributed by atoms with Gasteiger partial charge in [0.15, 0.2) is 11.5 Å². The van der Waals surface area contributed by atoms with Crippen molar-refractivity contribution in [3.8, 4) is 17.6 Å². The van der Waals surface area contributed by atoms with Crippen LogP contribution in [0.3, 0.4) is 0 Å². The van der Waals surface area contributed by atoms with Crippen LogP contribution in [0.2, 0.25) is 0 Å². The molecule has 0 aliphatic carbocycles. The number of hydrogen-bond acceptors (Lipinski definition) is 6.